The highest BCUT2D eigenvalue weighted by molar-refractivity contribution is 5.92. The topological polar surface area (TPSA) is 76.5 Å². The molecule has 1 aliphatic heterocycles. The first-order valence-electron chi connectivity index (χ1n) is 11.2. The molecular formula is C25H25F3N4O3. The normalized spacial score (nSPS) is 14.6. The molecule has 0 atom stereocenters. The van der Waals surface area contributed by atoms with E-state index < -0.39 is 28.8 Å². The molecule has 0 spiro atoms. The Labute approximate surface area is 200 Å². The summed E-state index contributed by atoms with van der Waals surface area (Å²) in [5, 5.41) is 6.71. The zero-order chi connectivity index (χ0) is 25.0. The maximum Gasteiger partial charge on any atom is 0.418 e. The van der Waals surface area contributed by atoms with Gasteiger partial charge in [-0.2, -0.15) is 18.3 Å². The summed E-state index contributed by atoms with van der Waals surface area (Å²) in [6.07, 6.45) is -4.62. The van der Waals surface area contributed by atoms with E-state index in [9.17, 15) is 22.8 Å². The van der Waals surface area contributed by atoms with Crippen molar-refractivity contribution in [1.82, 2.24) is 20.0 Å². The lowest BCUT2D eigenvalue weighted by Crippen LogP contribution is -2.36. The number of nitrogens with zero attached hydrogens (tertiary/aromatic N) is 3. The van der Waals surface area contributed by atoms with Crippen molar-refractivity contribution >= 4 is 5.91 Å². The maximum atomic E-state index is 13.5. The molecule has 10 heteroatoms. The van der Waals surface area contributed by atoms with Crippen molar-refractivity contribution in [3.63, 3.8) is 0 Å². The Kier molecular flexibility index (Phi) is 7.32. The molecule has 0 radical (unpaired) electrons. The van der Waals surface area contributed by atoms with Gasteiger partial charge in [0.1, 0.15) is 0 Å². The van der Waals surface area contributed by atoms with Gasteiger partial charge in [-0.05, 0) is 30.2 Å². The van der Waals surface area contributed by atoms with Gasteiger partial charge in [0.25, 0.3) is 5.91 Å². The molecule has 0 aliphatic carbocycles. The lowest BCUT2D eigenvalue weighted by molar-refractivity contribution is -0.137. The maximum absolute atomic E-state index is 13.5. The van der Waals surface area contributed by atoms with Crippen LogP contribution >= 0.6 is 0 Å². The third-order valence-corrected chi connectivity index (χ3v) is 5.82. The summed E-state index contributed by atoms with van der Waals surface area (Å²) < 4.78 is 46.9. The predicted octanol–water partition coefficient (Wildman–Crippen LogP) is 3.32. The number of benzene rings is 2. The van der Waals surface area contributed by atoms with Gasteiger partial charge in [-0.3, -0.25) is 14.5 Å². The fourth-order valence-electron chi connectivity index (χ4n) is 3.99. The van der Waals surface area contributed by atoms with Crippen molar-refractivity contribution in [2.45, 2.75) is 26.2 Å². The Morgan fingerprint density at radius 3 is 2.43 bits per heavy atom. The van der Waals surface area contributed by atoms with Crippen LogP contribution in [-0.4, -0.2) is 46.9 Å². The monoisotopic (exact) mass is 486 g/mol. The molecule has 1 aromatic heterocycles. The molecule has 1 aliphatic rings. The predicted molar refractivity (Wildman–Crippen MR) is 123 cm³/mol. The number of halogens is 3. The van der Waals surface area contributed by atoms with Crippen molar-refractivity contribution in [2.24, 2.45) is 0 Å². The van der Waals surface area contributed by atoms with Crippen LogP contribution < -0.4 is 10.7 Å². The first-order valence-corrected chi connectivity index (χ1v) is 11.2. The van der Waals surface area contributed by atoms with Crippen LogP contribution in [0.4, 0.5) is 13.2 Å². The van der Waals surface area contributed by atoms with Gasteiger partial charge >= 0.3 is 6.18 Å². The van der Waals surface area contributed by atoms with Gasteiger partial charge in [-0.1, -0.05) is 36.4 Å². The minimum atomic E-state index is -4.62. The molecule has 7 nitrogen and oxygen atoms in total. The number of amides is 1. The van der Waals surface area contributed by atoms with E-state index in [2.05, 4.69) is 15.3 Å². The first-order chi connectivity index (χ1) is 16.7. The molecule has 0 unspecified atom stereocenters. The molecule has 184 valence electrons. The summed E-state index contributed by atoms with van der Waals surface area (Å²) in [5.74, 6) is -0.755. The summed E-state index contributed by atoms with van der Waals surface area (Å²) in [4.78, 5) is 27.6. The molecule has 3 aromatic rings. The van der Waals surface area contributed by atoms with Crippen LogP contribution in [-0.2, 0) is 24.0 Å². The Morgan fingerprint density at radius 1 is 1.06 bits per heavy atom. The Morgan fingerprint density at radius 2 is 1.71 bits per heavy atom. The largest absolute Gasteiger partial charge is 0.418 e. The fourth-order valence-corrected chi connectivity index (χ4v) is 3.99. The second kappa shape index (κ2) is 10.4. The summed E-state index contributed by atoms with van der Waals surface area (Å²) >= 11 is 0. The second-order valence-corrected chi connectivity index (χ2v) is 8.27. The highest BCUT2D eigenvalue weighted by Crippen LogP contribution is 2.33. The number of alkyl halides is 3. The van der Waals surface area contributed by atoms with Crippen molar-refractivity contribution in [3.05, 3.63) is 92.9 Å². The van der Waals surface area contributed by atoms with E-state index in [0.717, 1.165) is 41.0 Å². The molecule has 1 fully saturated rings. The van der Waals surface area contributed by atoms with Crippen LogP contribution in [0.5, 0.6) is 0 Å². The van der Waals surface area contributed by atoms with Gasteiger partial charge in [0, 0.05) is 37.9 Å². The number of rotatable bonds is 6. The van der Waals surface area contributed by atoms with Gasteiger partial charge in [0.2, 0.25) is 5.43 Å². The molecule has 1 saturated heterocycles. The molecule has 35 heavy (non-hydrogen) atoms. The van der Waals surface area contributed by atoms with E-state index in [1.807, 2.05) is 24.3 Å². The highest BCUT2D eigenvalue weighted by atomic mass is 19.4. The van der Waals surface area contributed by atoms with Crippen LogP contribution in [0, 0.1) is 6.92 Å². The number of aromatic nitrogens is 2. The number of carbonyl (C=O) groups is 1. The third-order valence-electron chi connectivity index (χ3n) is 5.82. The van der Waals surface area contributed by atoms with Crippen molar-refractivity contribution in [1.29, 1.82) is 0 Å². The van der Waals surface area contributed by atoms with E-state index >= 15 is 0 Å². The number of aryl methyl sites for hydroxylation is 1. The van der Waals surface area contributed by atoms with Crippen LogP contribution in [0.2, 0.25) is 0 Å². The molecular weight excluding hydrogens is 461 g/mol. The Bertz CT molecular complexity index is 1270. The van der Waals surface area contributed by atoms with E-state index in [4.69, 9.17) is 4.74 Å². The molecule has 2 aromatic carbocycles. The van der Waals surface area contributed by atoms with Crippen LogP contribution in [0.15, 0.2) is 59.4 Å². The minimum Gasteiger partial charge on any atom is -0.379 e. The molecule has 0 saturated carbocycles. The summed E-state index contributed by atoms with van der Waals surface area (Å²) in [6, 6.07) is 13.6. The zero-order valence-electron chi connectivity index (χ0n) is 19.1. The van der Waals surface area contributed by atoms with Gasteiger partial charge in [-0.25, -0.2) is 4.68 Å². The number of nitrogens with one attached hydrogen (secondary N) is 1. The third kappa shape index (κ3) is 5.77. The number of hydrogen-bond donors (Lipinski definition) is 1. The van der Waals surface area contributed by atoms with E-state index in [0.29, 0.717) is 19.8 Å². The molecule has 1 amide bonds. The van der Waals surface area contributed by atoms with Gasteiger partial charge in [-0.15, -0.1) is 0 Å². The number of para-hydroxylation sites is 1. The van der Waals surface area contributed by atoms with Crippen LogP contribution in [0.1, 0.15) is 32.9 Å². The number of ether oxygens (including phenoxy) is 1. The lowest BCUT2D eigenvalue weighted by Gasteiger charge is -2.27. The minimum absolute atomic E-state index is 0.146. The van der Waals surface area contributed by atoms with E-state index in [1.165, 1.54) is 25.1 Å². The standard InChI is InChI=1S/C25H25F3N4O3/c1-17-14-22(33)23(30-32(17)21-9-5-4-8-20(21)25(26,27)28)24(34)29-15-18-6-2-3-7-19(18)16-31-10-12-35-13-11-31/h2-9,14H,10-13,15-16H2,1H3,(H,29,34). The quantitative estimate of drug-likeness (QED) is 0.579. The summed E-state index contributed by atoms with van der Waals surface area (Å²) in [5.41, 5.74) is -0.227. The van der Waals surface area contributed by atoms with Gasteiger partial charge < -0.3 is 10.1 Å². The van der Waals surface area contributed by atoms with Crippen molar-refractivity contribution < 1.29 is 22.7 Å². The fraction of sp³-hybridized carbons (Fsp3) is 0.320. The second-order valence-electron chi connectivity index (χ2n) is 8.27. The van der Waals surface area contributed by atoms with Gasteiger partial charge in [0.05, 0.1) is 24.5 Å². The number of carbonyl (C=O) groups excluding carboxylic acids is 1. The van der Waals surface area contributed by atoms with Gasteiger partial charge in [0.15, 0.2) is 5.69 Å². The molecule has 2 heterocycles. The average Bonchev–Trinajstić information content (AvgIpc) is 2.83. The Hall–Kier alpha value is -3.50. The number of morpholine rings is 1. The highest BCUT2D eigenvalue weighted by Gasteiger charge is 2.34. The molecule has 0 bridgehead atoms. The first kappa shape index (κ1) is 24.6. The van der Waals surface area contributed by atoms with E-state index in [-0.39, 0.29) is 17.9 Å². The van der Waals surface area contributed by atoms with Crippen molar-refractivity contribution in [2.75, 3.05) is 26.3 Å². The molecule has 4 rings (SSSR count). The SMILES string of the molecule is Cc1cc(=O)c(C(=O)NCc2ccccc2CN2CCOCC2)nn1-c1ccccc1C(F)(F)F. The summed E-state index contributed by atoms with van der Waals surface area (Å²) in [6.45, 7) is 5.27. The van der Waals surface area contributed by atoms with E-state index in [1.54, 1.807) is 0 Å². The average molecular weight is 486 g/mol. The zero-order valence-corrected chi connectivity index (χ0v) is 19.1. The number of hydrogen-bond acceptors (Lipinski definition) is 5. The summed E-state index contributed by atoms with van der Waals surface area (Å²) in [7, 11) is 0. The molecule has 1 N–H and O–H groups in total. The smallest absolute Gasteiger partial charge is 0.379 e. The van der Waals surface area contributed by atoms with Crippen LogP contribution in [0.3, 0.4) is 0 Å². The Balaban J connectivity index is 1.57. The van der Waals surface area contributed by atoms with Crippen molar-refractivity contribution in [3.8, 4) is 5.69 Å². The lowest BCUT2D eigenvalue weighted by atomic mass is 10.1. The van der Waals surface area contributed by atoms with Crippen LogP contribution in [0.25, 0.3) is 5.69 Å².